The molecule has 0 aliphatic heterocycles. The normalized spacial score (nSPS) is 11.2. The van der Waals surface area contributed by atoms with Crippen molar-refractivity contribution in [2.24, 2.45) is 0 Å². The van der Waals surface area contributed by atoms with E-state index in [0.717, 1.165) is 28.0 Å². The minimum atomic E-state index is -4.77. The largest absolute Gasteiger partial charge is 0.421 e. The summed E-state index contributed by atoms with van der Waals surface area (Å²) in [7, 11) is 0. The van der Waals surface area contributed by atoms with Gasteiger partial charge in [0.05, 0.1) is 0 Å². The first kappa shape index (κ1) is 19.4. The summed E-state index contributed by atoms with van der Waals surface area (Å²) in [5, 5.41) is 2.68. The van der Waals surface area contributed by atoms with Gasteiger partial charge in [0.2, 0.25) is 5.91 Å². The Morgan fingerprint density at radius 1 is 0.929 bits per heavy atom. The van der Waals surface area contributed by atoms with Gasteiger partial charge in [-0.05, 0) is 35.7 Å². The molecule has 1 heterocycles. The number of aromatic nitrogens is 1. The molecule has 3 rings (SSSR count). The lowest BCUT2D eigenvalue weighted by Gasteiger charge is -2.13. The minimum absolute atomic E-state index is 0.511. The minimum Gasteiger partial charge on any atom is -0.324 e. The molecule has 28 heavy (non-hydrogen) atoms. The molecule has 0 saturated heterocycles. The monoisotopic (exact) mass is 386 g/mol. The van der Waals surface area contributed by atoms with Crippen LogP contribution >= 0.6 is 0 Å². The van der Waals surface area contributed by atoms with E-state index in [2.05, 4.69) is 5.32 Å². The van der Waals surface area contributed by atoms with Crippen molar-refractivity contribution in [1.29, 1.82) is 0 Å². The van der Waals surface area contributed by atoms with Crippen molar-refractivity contribution < 1.29 is 18.0 Å². The SMILES string of the molecule is O=C(Cn1cccc(C(F)(F)F)c1=O)Nc1ccccc1Cc1ccccc1. The molecule has 0 fully saturated rings. The van der Waals surface area contributed by atoms with E-state index in [4.69, 9.17) is 0 Å². The number of nitrogens with zero attached hydrogens (tertiary/aromatic N) is 1. The second-order valence-electron chi connectivity index (χ2n) is 6.22. The molecule has 1 aromatic heterocycles. The van der Waals surface area contributed by atoms with Gasteiger partial charge in [-0.25, -0.2) is 0 Å². The molecule has 1 amide bonds. The van der Waals surface area contributed by atoms with Crippen molar-refractivity contribution in [3.63, 3.8) is 0 Å². The number of halogens is 3. The van der Waals surface area contributed by atoms with Gasteiger partial charge < -0.3 is 9.88 Å². The maximum atomic E-state index is 12.9. The second kappa shape index (κ2) is 8.12. The number of hydrogen-bond acceptors (Lipinski definition) is 2. The van der Waals surface area contributed by atoms with Crippen LogP contribution in [0.3, 0.4) is 0 Å². The molecule has 0 aliphatic carbocycles. The Bertz CT molecular complexity index is 1030. The highest BCUT2D eigenvalue weighted by molar-refractivity contribution is 5.91. The average Bonchev–Trinajstić information content (AvgIpc) is 2.65. The van der Waals surface area contributed by atoms with Gasteiger partial charge in [-0.1, -0.05) is 48.5 Å². The average molecular weight is 386 g/mol. The summed E-state index contributed by atoms with van der Waals surface area (Å²) >= 11 is 0. The van der Waals surface area contributed by atoms with Crippen LogP contribution in [0.1, 0.15) is 16.7 Å². The van der Waals surface area contributed by atoms with Gasteiger partial charge in [0.1, 0.15) is 12.1 Å². The molecule has 0 atom stereocenters. The first-order valence-electron chi connectivity index (χ1n) is 8.53. The zero-order valence-electron chi connectivity index (χ0n) is 14.7. The Hall–Kier alpha value is -3.35. The Kier molecular flexibility index (Phi) is 5.63. The number of para-hydroxylation sites is 1. The summed E-state index contributed by atoms with van der Waals surface area (Å²) in [6.07, 6.45) is -3.02. The standard InChI is InChI=1S/C21H17F3N2O2/c22-21(23,24)17-10-6-12-26(20(17)28)14-19(27)25-18-11-5-4-9-16(18)13-15-7-2-1-3-8-15/h1-12H,13-14H2,(H,25,27). The number of hydrogen-bond donors (Lipinski definition) is 1. The number of rotatable bonds is 5. The molecular weight excluding hydrogens is 369 g/mol. The van der Waals surface area contributed by atoms with E-state index in [-0.39, 0.29) is 0 Å². The molecule has 3 aromatic rings. The van der Waals surface area contributed by atoms with E-state index >= 15 is 0 Å². The summed E-state index contributed by atoms with van der Waals surface area (Å²) in [5.74, 6) is -0.582. The Morgan fingerprint density at radius 3 is 2.32 bits per heavy atom. The van der Waals surface area contributed by atoms with Crippen LogP contribution in [0.5, 0.6) is 0 Å². The van der Waals surface area contributed by atoms with Crippen molar-refractivity contribution in [1.82, 2.24) is 4.57 Å². The van der Waals surface area contributed by atoms with Crippen LogP contribution in [0, 0.1) is 0 Å². The second-order valence-corrected chi connectivity index (χ2v) is 6.22. The number of anilines is 1. The predicted molar refractivity (Wildman–Crippen MR) is 100 cm³/mol. The third-order valence-electron chi connectivity index (χ3n) is 4.17. The molecule has 1 N–H and O–H groups in total. The fourth-order valence-corrected chi connectivity index (χ4v) is 2.83. The van der Waals surface area contributed by atoms with Gasteiger partial charge in [0.25, 0.3) is 5.56 Å². The molecule has 0 spiro atoms. The third kappa shape index (κ3) is 4.68. The molecule has 0 bridgehead atoms. The summed E-state index contributed by atoms with van der Waals surface area (Å²) in [6.45, 7) is -0.511. The first-order chi connectivity index (χ1) is 13.3. The van der Waals surface area contributed by atoms with Crippen molar-refractivity contribution in [3.8, 4) is 0 Å². The summed E-state index contributed by atoms with van der Waals surface area (Å²) in [4.78, 5) is 24.3. The smallest absolute Gasteiger partial charge is 0.324 e. The van der Waals surface area contributed by atoms with E-state index < -0.39 is 29.8 Å². The highest BCUT2D eigenvalue weighted by Crippen LogP contribution is 2.26. The lowest BCUT2D eigenvalue weighted by molar-refractivity contribution is -0.139. The summed E-state index contributed by atoms with van der Waals surface area (Å²) in [6, 6.07) is 18.6. The van der Waals surface area contributed by atoms with Gasteiger partial charge >= 0.3 is 6.18 Å². The quantitative estimate of drug-likeness (QED) is 0.718. The van der Waals surface area contributed by atoms with Gasteiger partial charge in [-0.15, -0.1) is 0 Å². The molecule has 0 unspecified atom stereocenters. The van der Waals surface area contributed by atoms with Crippen LogP contribution < -0.4 is 10.9 Å². The number of carbonyl (C=O) groups excluding carboxylic acids is 1. The topological polar surface area (TPSA) is 51.1 Å². The summed E-state index contributed by atoms with van der Waals surface area (Å²) < 4.78 is 39.3. The Balaban J connectivity index is 1.77. The Labute approximate surface area is 159 Å². The number of nitrogens with one attached hydrogen (secondary N) is 1. The fourth-order valence-electron chi connectivity index (χ4n) is 2.83. The molecular formula is C21H17F3N2O2. The third-order valence-corrected chi connectivity index (χ3v) is 4.17. The number of amides is 1. The van der Waals surface area contributed by atoms with E-state index in [1.807, 2.05) is 42.5 Å². The van der Waals surface area contributed by atoms with Gasteiger partial charge in [-0.3, -0.25) is 9.59 Å². The van der Waals surface area contributed by atoms with E-state index in [1.165, 1.54) is 0 Å². The van der Waals surface area contributed by atoms with Crippen LogP contribution in [0.4, 0.5) is 18.9 Å². The van der Waals surface area contributed by atoms with Crippen LogP contribution in [-0.2, 0) is 23.9 Å². The highest BCUT2D eigenvalue weighted by Gasteiger charge is 2.34. The van der Waals surface area contributed by atoms with Crippen LogP contribution in [0.25, 0.3) is 0 Å². The van der Waals surface area contributed by atoms with Gasteiger partial charge in [-0.2, -0.15) is 13.2 Å². The van der Waals surface area contributed by atoms with Crippen molar-refractivity contribution in [2.45, 2.75) is 19.1 Å². The number of benzene rings is 2. The number of carbonyl (C=O) groups is 1. The molecule has 0 radical (unpaired) electrons. The van der Waals surface area contributed by atoms with Crippen molar-refractivity contribution >= 4 is 11.6 Å². The van der Waals surface area contributed by atoms with Gasteiger partial charge in [0.15, 0.2) is 0 Å². The fraction of sp³-hybridized carbons (Fsp3) is 0.143. The van der Waals surface area contributed by atoms with E-state index in [9.17, 15) is 22.8 Å². The molecule has 7 heteroatoms. The van der Waals surface area contributed by atoms with Crippen molar-refractivity contribution in [3.05, 3.63) is 100.0 Å². The van der Waals surface area contributed by atoms with E-state index in [1.54, 1.807) is 12.1 Å². The predicted octanol–water partition coefficient (Wildman–Crippen LogP) is 4.10. The zero-order chi connectivity index (χ0) is 20.1. The molecule has 0 saturated carbocycles. The lowest BCUT2D eigenvalue weighted by Crippen LogP contribution is -2.32. The van der Waals surface area contributed by atoms with E-state index in [0.29, 0.717) is 18.2 Å². The summed E-state index contributed by atoms with van der Waals surface area (Å²) in [5.41, 5.74) is -0.0805. The highest BCUT2D eigenvalue weighted by atomic mass is 19.4. The molecule has 144 valence electrons. The first-order valence-corrected chi connectivity index (χ1v) is 8.53. The molecule has 0 aliphatic rings. The van der Waals surface area contributed by atoms with Crippen molar-refractivity contribution in [2.75, 3.05) is 5.32 Å². The molecule has 4 nitrogen and oxygen atoms in total. The molecule has 2 aromatic carbocycles. The lowest BCUT2D eigenvalue weighted by atomic mass is 10.0. The Morgan fingerprint density at radius 2 is 1.61 bits per heavy atom. The van der Waals surface area contributed by atoms with Gasteiger partial charge in [0, 0.05) is 11.9 Å². The maximum Gasteiger partial charge on any atom is 0.421 e. The number of alkyl halides is 3. The zero-order valence-corrected chi connectivity index (χ0v) is 14.7. The van der Waals surface area contributed by atoms with Crippen LogP contribution in [0.2, 0.25) is 0 Å². The van der Waals surface area contributed by atoms with Crippen LogP contribution in [0.15, 0.2) is 77.7 Å². The van der Waals surface area contributed by atoms with Crippen LogP contribution in [-0.4, -0.2) is 10.5 Å². The maximum absolute atomic E-state index is 12.9. The number of pyridine rings is 1.